The van der Waals surface area contributed by atoms with E-state index in [2.05, 4.69) is 10.3 Å². The number of carbonyl (C=O) groups excluding carboxylic acids is 1. The highest BCUT2D eigenvalue weighted by molar-refractivity contribution is 7.15. The molecule has 2 aromatic carbocycles. The lowest BCUT2D eigenvalue weighted by Crippen LogP contribution is -2.19. The molecular weight excluding hydrogens is 356 g/mol. The molecule has 6 heteroatoms. The maximum atomic E-state index is 12.0. The molecule has 0 atom stereocenters. The van der Waals surface area contributed by atoms with E-state index >= 15 is 0 Å². The lowest BCUT2D eigenvalue weighted by atomic mass is 10.1. The Morgan fingerprint density at radius 3 is 2.80 bits per heavy atom. The molecule has 0 aliphatic carbocycles. The number of aryl methyl sites for hydroxylation is 1. The van der Waals surface area contributed by atoms with Crippen LogP contribution in [0.2, 0.25) is 5.02 Å². The molecule has 1 amide bonds. The molecule has 0 saturated carbocycles. The number of nitrogens with zero attached hydrogens (tertiary/aromatic N) is 1. The number of ether oxygens (including phenoxy) is 1. The van der Waals surface area contributed by atoms with Crippen LogP contribution in [0.25, 0.3) is 0 Å². The summed E-state index contributed by atoms with van der Waals surface area (Å²) in [5.74, 6) is 0.436. The Balaban J connectivity index is 1.52. The molecule has 0 bridgehead atoms. The standard InChI is InChI=1S/C19H17ClN2O2S/c1-13-5-7-16(8-6-13)24-12-18(23)22-19-21-11-17(25-19)10-14-3-2-4-15(20)9-14/h2-9,11H,10,12H2,1H3,(H,21,22,23). The van der Waals surface area contributed by atoms with Crippen molar-refractivity contribution in [2.45, 2.75) is 13.3 Å². The maximum Gasteiger partial charge on any atom is 0.264 e. The Kier molecular flexibility index (Phi) is 5.68. The molecule has 0 radical (unpaired) electrons. The molecule has 1 aromatic heterocycles. The van der Waals surface area contributed by atoms with Crippen LogP contribution in [0.3, 0.4) is 0 Å². The molecule has 3 aromatic rings. The summed E-state index contributed by atoms with van der Waals surface area (Å²) in [4.78, 5) is 17.3. The fourth-order valence-corrected chi connectivity index (χ4v) is 3.31. The van der Waals surface area contributed by atoms with Gasteiger partial charge in [0.25, 0.3) is 5.91 Å². The Morgan fingerprint density at radius 2 is 2.04 bits per heavy atom. The summed E-state index contributed by atoms with van der Waals surface area (Å²) in [6.07, 6.45) is 2.50. The maximum absolute atomic E-state index is 12.0. The molecule has 128 valence electrons. The number of rotatable bonds is 6. The molecule has 4 nitrogen and oxygen atoms in total. The summed E-state index contributed by atoms with van der Waals surface area (Å²) in [5.41, 5.74) is 2.25. The molecule has 0 aliphatic rings. The molecular formula is C19H17ClN2O2S. The summed E-state index contributed by atoms with van der Waals surface area (Å²) >= 11 is 7.44. The van der Waals surface area contributed by atoms with E-state index in [0.29, 0.717) is 15.9 Å². The van der Waals surface area contributed by atoms with Crippen LogP contribution in [0, 0.1) is 6.92 Å². The highest BCUT2D eigenvalue weighted by Gasteiger charge is 2.08. The van der Waals surface area contributed by atoms with Crippen molar-refractivity contribution in [2.24, 2.45) is 0 Å². The van der Waals surface area contributed by atoms with Gasteiger partial charge in [0, 0.05) is 22.5 Å². The Bertz CT molecular complexity index is 862. The third-order valence-corrected chi connectivity index (χ3v) is 4.61. The number of carbonyl (C=O) groups is 1. The lowest BCUT2D eigenvalue weighted by Gasteiger charge is -2.05. The van der Waals surface area contributed by atoms with Gasteiger partial charge in [-0.3, -0.25) is 10.1 Å². The molecule has 0 fully saturated rings. The second kappa shape index (κ2) is 8.14. The Hall–Kier alpha value is -2.37. The second-order valence-corrected chi connectivity index (χ2v) is 7.14. The van der Waals surface area contributed by atoms with Crippen molar-refractivity contribution in [2.75, 3.05) is 11.9 Å². The smallest absolute Gasteiger partial charge is 0.264 e. The Labute approximate surface area is 155 Å². The van der Waals surface area contributed by atoms with Crippen molar-refractivity contribution >= 4 is 34.0 Å². The van der Waals surface area contributed by atoms with Crippen molar-refractivity contribution in [3.8, 4) is 5.75 Å². The first-order valence-electron chi connectivity index (χ1n) is 7.77. The number of nitrogens with one attached hydrogen (secondary N) is 1. The van der Waals surface area contributed by atoms with Crippen molar-refractivity contribution in [3.63, 3.8) is 0 Å². The van der Waals surface area contributed by atoms with E-state index in [0.717, 1.165) is 22.4 Å². The number of hydrogen-bond donors (Lipinski definition) is 1. The van der Waals surface area contributed by atoms with Crippen LogP contribution in [0.15, 0.2) is 54.7 Å². The average molecular weight is 373 g/mol. The molecule has 3 rings (SSSR count). The summed E-state index contributed by atoms with van der Waals surface area (Å²) in [6, 6.07) is 15.3. The number of thiazole rings is 1. The topological polar surface area (TPSA) is 51.2 Å². The van der Waals surface area contributed by atoms with E-state index in [4.69, 9.17) is 16.3 Å². The molecule has 1 N–H and O–H groups in total. The van der Waals surface area contributed by atoms with Gasteiger partial charge in [-0.15, -0.1) is 11.3 Å². The lowest BCUT2D eigenvalue weighted by molar-refractivity contribution is -0.118. The van der Waals surface area contributed by atoms with Gasteiger partial charge < -0.3 is 4.74 Å². The number of benzene rings is 2. The van der Waals surface area contributed by atoms with E-state index in [1.54, 1.807) is 6.20 Å². The van der Waals surface area contributed by atoms with Crippen molar-refractivity contribution in [3.05, 3.63) is 75.8 Å². The average Bonchev–Trinajstić information content (AvgIpc) is 3.01. The summed E-state index contributed by atoms with van der Waals surface area (Å²) < 4.78 is 5.46. The van der Waals surface area contributed by atoms with Crippen LogP contribution in [-0.2, 0) is 11.2 Å². The van der Waals surface area contributed by atoms with Gasteiger partial charge in [0.15, 0.2) is 11.7 Å². The van der Waals surface area contributed by atoms with Crippen LogP contribution in [0.5, 0.6) is 5.75 Å². The summed E-state index contributed by atoms with van der Waals surface area (Å²) in [7, 11) is 0. The molecule has 1 heterocycles. The highest BCUT2D eigenvalue weighted by atomic mass is 35.5. The highest BCUT2D eigenvalue weighted by Crippen LogP contribution is 2.22. The van der Waals surface area contributed by atoms with Crippen LogP contribution >= 0.6 is 22.9 Å². The van der Waals surface area contributed by atoms with Gasteiger partial charge in [0.05, 0.1) is 0 Å². The minimum absolute atomic E-state index is 0.0493. The largest absolute Gasteiger partial charge is 0.484 e. The fourth-order valence-electron chi connectivity index (χ4n) is 2.23. The first kappa shape index (κ1) is 17.5. The van der Waals surface area contributed by atoms with Crippen LogP contribution in [0.1, 0.15) is 16.0 Å². The van der Waals surface area contributed by atoms with Crippen molar-refractivity contribution < 1.29 is 9.53 Å². The minimum Gasteiger partial charge on any atom is -0.484 e. The number of amides is 1. The van der Waals surface area contributed by atoms with Gasteiger partial charge in [0.1, 0.15) is 5.75 Å². The predicted molar refractivity (Wildman–Crippen MR) is 102 cm³/mol. The van der Waals surface area contributed by atoms with Crippen LogP contribution < -0.4 is 10.1 Å². The van der Waals surface area contributed by atoms with E-state index in [9.17, 15) is 4.79 Å². The van der Waals surface area contributed by atoms with Gasteiger partial charge in [-0.1, -0.05) is 41.4 Å². The number of hydrogen-bond acceptors (Lipinski definition) is 4. The van der Waals surface area contributed by atoms with E-state index in [1.165, 1.54) is 11.3 Å². The zero-order valence-electron chi connectivity index (χ0n) is 13.7. The molecule has 25 heavy (non-hydrogen) atoms. The minimum atomic E-state index is -0.232. The zero-order chi connectivity index (χ0) is 17.6. The summed E-state index contributed by atoms with van der Waals surface area (Å²) in [5, 5.41) is 4.03. The second-order valence-electron chi connectivity index (χ2n) is 5.59. The third kappa shape index (κ3) is 5.31. The van der Waals surface area contributed by atoms with E-state index in [1.807, 2.05) is 55.5 Å². The molecule has 0 saturated heterocycles. The molecule has 0 spiro atoms. The van der Waals surface area contributed by atoms with Crippen LogP contribution in [-0.4, -0.2) is 17.5 Å². The summed E-state index contributed by atoms with van der Waals surface area (Å²) in [6.45, 7) is 1.95. The van der Waals surface area contributed by atoms with E-state index in [-0.39, 0.29) is 12.5 Å². The number of aromatic nitrogens is 1. The van der Waals surface area contributed by atoms with Gasteiger partial charge in [-0.2, -0.15) is 0 Å². The van der Waals surface area contributed by atoms with Crippen molar-refractivity contribution in [1.29, 1.82) is 0 Å². The number of halogens is 1. The van der Waals surface area contributed by atoms with Gasteiger partial charge in [0.2, 0.25) is 0 Å². The Morgan fingerprint density at radius 1 is 1.24 bits per heavy atom. The fraction of sp³-hybridized carbons (Fsp3) is 0.158. The number of anilines is 1. The quantitative estimate of drug-likeness (QED) is 0.681. The first-order valence-corrected chi connectivity index (χ1v) is 8.96. The van der Waals surface area contributed by atoms with Gasteiger partial charge in [-0.05, 0) is 36.8 Å². The third-order valence-electron chi connectivity index (χ3n) is 3.46. The predicted octanol–water partition coefficient (Wildman–Crippen LogP) is 4.71. The molecule has 0 unspecified atom stereocenters. The monoisotopic (exact) mass is 372 g/mol. The normalized spacial score (nSPS) is 10.5. The SMILES string of the molecule is Cc1ccc(OCC(=O)Nc2ncc(Cc3cccc(Cl)c3)s2)cc1. The van der Waals surface area contributed by atoms with Gasteiger partial charge >= 0.3 is 0 Å². The molecule has 0 aliphatic heterocycles. The van der Waals surface area contributed by atoms with E-state index < -0.39 is 0 Å². The zero-order valence-corrected chi connectivity index (χ0v) is 15.2. The van der Waals surface area contributed by atoms with Gasteiger partial charge in [-0.25, -0.2) is 4.98 Å². The van der Waals surface area contributed by atoms with Crippen LogP contribution in [0.4, 0.5) is 5.13 Å². The first-order chi connectivity index (χ1) is 12.1. The van der Waals surface area contributed by atoms with Crippen molar-refractivity contribution in [1.82, 2.24) is 4.98 Å².